The fraction of sp³-hybridized carbons (Fsp3) is 0.400. The summed E-state index contributed by atoms with van der Waals surface area (Å²) in [5, 5.41) is 48.9. The Hall–Kier alpha value is -5.24. The molecule has 2 aliphatic rings. The third-order valence-electron chi connectivity index (χ3n) is 10.5. The number of amides is 2. The van der Waals surface area contributed by atoms with Crippen molar-refractivity contribution in [3.05, 3.63) is 106 Å². The third kappa shape index (κ3) is 8.70. The molecule has 4 aromatic rings. The Morgan fingerprint density at radius 1 is 0.906 bits per heavy atom. The molecule has 2 fully saturated rings. The van der Waals surface area contributed by atoms with Crippen molar-refractivity contribution in [1.29, 1.82) is 0 Å². The van der Waals surface area contributed by atoms with Crippen molar-refractivity contribution in [3.63, 3.8) is 0 Å². The van der Waals surface area contributed by atoms with Crippen molar-refractivity contribution < 1.29 is 39.5 Å². The number of phenolic OH excluding ortho intramolecular Hbond substituents is 1. The molecule has 7 N–H and O–H groups in total. The molecule has 6 rings (SSSR count). The normalized spacial score (nSPS) is 19.6. The van der Waals surface area contributed by atoms with Crippen molar-refractivity contribution >= 4 is 28.7 Å². The van der Waals surface area contributed by atoms with E-state index in [9.17, 15) is 39.6 Å². The van der Waals surface area contributed by atoms with Gasteiger partial charge in [0, 0.05) is 48.6 Å². The average molecular weight is 727 g/mol. The molecule has 1 aliphatic carbocycles. The number of aromatic nitrogens is 1. The third-order valence-corrected chi connectivity index (χ3v) is 10.5. The summed E-state index contributed by atoms with van der Waals surface area (Å²) in [5.41, 5.74) is -1.39. The molecule has 1 saturated carbocycles. The molecule has 0 unspecified atom stereocenters. The van der Waals surface area contributed by atoms with Gasteiger partial charge >= 0.3 is 5.97 Å². The largest absolute Gasteiger partial charge is 0.506 e. The molecule has 0 radical (unpaired) electrons. The predicted octanol–water partition coefficient (Wildman–Crippen LogP) is 3.17. The van der Waals surface area contributed by atoms with Gasteiger partial charge in [0.25, 0.3) is 5.91 Å². The van der Waals surface area contributed by atoms with Crippen molar-refractivity contribution in [2.24, 2.45) is 11.8 Å². The van der Waals surface area contributed by atoms with Crippen LogP contribution >= 0.6 is 0 Å². The molecule has 0 bridgehead atoms. The Labute approximate surface area is 306 Å². The quantitative estimate of drug-likeness (QED) is 0.107. The molecule has 0 spiro atoms. The van der Waals surface area contributed by atoms with Crippen LogP contribution in [-0.4, -0.2) is 86.9 Å². The van der Waals surface area contributed by atoms with Gasteiger partial charge < -0.3 is 45.7 Å². The summed E-state index contributed by atoms with van der Waals surface area (Å²) in [6, 6.07) is 20.2. The van der Waals surface area contributed by atoms with E-state index in [2.05, 4.69) is 15.6 Å². The number of pyridine rings is 1. The Kier molecular flexibility index (Phi) is 11.8. The standard InChI is InChI=1S/C40H46N4O9/c45-33-15-13-31(32-14-16-35(47)43-37(32)33)34(46)23-41-22-25-17-19-44(20-18-25)38(49)26-9-11-29(12-10-26)42-36(48)24-53-30-8-4-7-28(21-30)40(52,39(50)51)27-5-2-1-3-6-27/h1-8,13-16,21,25-26,29,34,41,45-46,52H,9-12,17-20,22-24H2,(H,42,48)(H,43,47)(H,50,51)/t26?,29?,34-,40-/m0/s1. The number of aromatic amines is 1. The molecule has 1 saturated heterocycles. The summed E-state index contributed by atoms with van der Waals surface area (Å²) in [6.45, 7) is 2.08. The van der Waals surface area contributed by atoms with E-state index >= 15 is 0 Å². The number of likely N-dealkylation sites (tertiary alicyclic amines) is 1. The minimum atomic E-state index is -2.28. The number of phenols is 1. The zero-order valence-electron chi connectivity index (χ0n) is 29.4. The minimum absolute atomic E-state index is 0.0508. The summed E-state index contributed by atoms with van der Waals surface area (Å²) in [5.74, 6) is -1.11. The van der Waals surface area contributed by atoms with Crippen LogP contribution in [0.4, 0.5) is 0 Å². The number of aromatic hydroxyl groups is 1. The first-order chi connectivity index (χ1) is 25.5. The monoisotopic (exact) mass is 726 g/mol. The highest BCUT2D eigenvalue weighted by molar-refractivity contribution is 5.87. The number of H-pyrrole nitrogens is 1. The maximum absolute atomic E-state index is 13.4. The molecule has 3 aromatic carbocycles. The number of fused-ring (bicyclic) bond motifs is 1. The number of carboxylic acid groups (broad SMARTS) is 1. The fourth-order valence-corrected chi connectivity index (χ4v) is 7.51. The topological polar surface area (TPSA) is 202 Å². The smallest absolute Gasteiger partial charge is 0.345 e. The first-order valence-electron chi connectivity index (χ1n) is 18.1. The van der Waals surface area contributed by atoms with Crippen LogP contribution in [-0.2, 0) is 20.0 Å². The second-order valence-electron chi connectivity index (χ2n) is 14.0. The molecule has 2 atom stereocenters. The van der Waals surface area contributed by atoms with E-state index in [1.165, 1.54) is 36.4 Å². The molecule has 2 heterocycles. The first kappa shape index (κ1) is 37.5. The number of benzene rings is 3. The lowest BCUT2D eigenvalue weighted by molar-refractivity contribution is -0.155. The number of carbonyl (C=O) groups excluding carboxylic acids is 2. The second kappa shape index (κ2) is 16.6. The van der Waals surface area contributed by atoms with Crippen LogP contribution in [0.5, 0.6) is 11.5 Å². The van der Waals surface area contributed by atoms with E-state index in [0.717, 1.165) is 12.8 Å². The van der Waals surface area contributed by atoms with Gasteiger partial charge in [0.15, 0.2) is 6.61 Å². The maximum atomic E-state index is 13.4. The van der Waals surface area contributed by atoms with Crippen LogP contribution in [0.25, 0.3) is 10.9 Å². The van der Waals surface area contributed by atoms with Crippen molar-refractivity contribution in [2.45, 2.75) is 56.3 Å². The van der Waals surface area contributed by atoms with E-state index in [4.69, 9.17) is 4.74 Å². The molecule has 13 heteroatoms. The Bertz CT molecular complexity index is 1970. The van der Waals surface area contributed by atoms with Gasteiger partial charge in [-0.2, -0.15) is 0 Å². The maximum Gasteiger partial charge on any atom is 0.345 e. The van der Waals surface area contributed by atoms with Crippen LogP contribution in [0.3, 0.4) is 0 Å². The summed E-state index contributed by atoms with van der Waals surface area (Å²) in [6.07, 6.45) is 3.59. The minimum Gasteiger partial charge on any atom is -0.506 e. The molecular formula is C40H46N4O9. The van der Waals surface area contributed by atoms with E-state index < -0.39 is 17.7 Å². The summed E-state index contributed by atoms with van der Waals surface area (Å²) < 4.78 is 5.67. The highest BCUT2D eigenvalue weighted by atomic mass is 16.5. The molecule has 13 nitrogen and oxygen atoms in total. The number of hydrogen-bond acceptors (Lipinski definition) is 9. The number of hydrogen-bond donors (Lipinski definition) is 7. The number of aliphatic hydroxyl groups excluding tert-OH is 1. The number of nitrogens with zero attached hydrogens (tertiary/aromatic N) is 1. The lowest BCUT2D eigenvalue weighted by Gasteiger charge is -2.36. The summed E-state index contributed by atoms with van der Waals surface area (Å²) in [7, 11) is 0. The van der Waals surface area contributed by atoms with Gasteiger partial charge in [-0.05, 0) is 86.4 Å². The van der Waals surface area contributed by atoms with Crippen LogP contribution in [0.2, 0.25) is 0 Å². The van der Waals surface area contributed by atoms with Crippen LogP contribution in [0, 0.1) is 11.8 Å². The number of aliphatic hydroxyl groups is 2. The highest BCUT2D eigenvalue weighted by Gasteiger charge is 2.40. The van der Waals surface area contributed by atoms with E-state index in [-0.39, 0.29) is 58.6 Å². The van der Waals surface area contributed by atoms with Gasteiger partial charge in [0.05, 0.1) is 11.6 Å². The van der Waals surface area contributed by atoms with E-state index in [0.29, 0.717) is 74.2 Å². The summed E-state index contributed by atoms with van der Waals surface area (Å²) in [4.78, 5) is 54.5. The zero-order chi connectivity index (χ0) is 37.5. The Balaban J connectivity index is 0.899. The number of carboxylic acids is 1. The first-order valence-corrected chi connectivity index (χ1v) is 18.1. The molecule has 2 amide bonds. The molecule has 53 heavy (non-hydrogen) atoms. The van der Waals surface area contributed by atoms with Crippen LogP contribution in [0.15, 0.2) is 83.7 Å². The number of rotatable bonds is 13. The molecule has 280 valence electrons. The SMILES string of the molecule is O=C(COc1cccc([C@](O)(C(=O)O)c2ccccc2)c1)NC1CCC(C(=O)N2CCC(CNC[C@H](O)c3ccc(O)c4[nH]c(=O)ccc34)CC2)CC1. The number of aliphatic carboxylic acids is 1. The molecular weight excluding hydrogens is 680 g/mol. The zero-order valence-corrected chi connectivity index (χ0v) is 29.4. The molecule has 1 aromatic heterocycles. The van der Waals surface area contributed by atoms with Gasteiger partial charge in [-0.3, -0.25) is 14.4 Å². The lowest BCUT2D eigenvalue weighted by Crippen LogP contribution is -2.46. The van der Waals surface area contributed by atoms with Crippen molar-refractivity contribution in [3.8, 4) is 11.5 Å². The van der Waals surface area contributed by atoms with E-state index in [1.54, 1.807) is 42.5 Å². The average Bonchev–Trinajstić information content (AvgIpc) is 3.17. The highest BCUT2D eigenvalue weighted by Crippen LogP contribution is 2.33. The van der Waals surface area contributed by atoms with Gasteiger partial charge in [0.1, 0.15) is 11.5 Å². The van der Waals surface area contributed by atoms with Gasteiger partial charge in [-0.25, -0.2) is 4.79 Å². The number of carbonyl (C=O) groups is 3. The number of ether oxygens (including phenoxy) is 1. The Morgan fingerprint density at radius 2 is 1.62 bits per heavy atom. The number of nitrogens with one attached hydrogen (secondary N) is 3. The van der Waals surface area contributed by atoms with Crippen LogP contribution < -0.4 is 20.9 Å². The predicted molar refractivity (Wildman–Crippen MR) is 196 cm³/mol. The van der Waals surface area contributed by atoms with Crippen molar-refractivity contribution in [1.82, 2.24) is 20.5 Å². The van der Waals surface area contributed by atoms with Gasteiger partial charge in [0.2, 0.25) is 17.1 Å². The van der Waals surface area contributed by atoms with E-state index in [1.807, 2.05) is 4.90 Å². The van der Waals surface area contributed by atoms with Gasteiger partial charge in [-0.15, -0.1) is 0 Å². The van der Waals surface area contributed by atoms with Crippen LogP contribution in [0.1, 0.15) is 61.3 Å². The van der Waals surface area contributed by atoms with Gasteiger partial charge in [-0.1, -0.05) is 48.5 Å². The Morgan fingerprint density at radius 3 is 2.34 bits per heavy atom. The second-order valence-corrected chi connectivity index (χ2v) is 14.0. The molecule has 1 aliphatic heterocycles. The summed E-state index contributed by atoms with van der Waals surface area (Å²) >= 11 is 0. The number of piperidine rings is 1. The fourth-order valence-electron chi connectivity index (χ4n) is 7.51. The van der Waals surface area contributed by atoms with Crippen molar-refractivity contribution in [2.75, 3.05) is 32.8 Å². The lowest BCUT2D eigenvalue weighted by atomic mass is 9.84.